The summed E-state index contributed by atoms with van der Waals surface area (Å²) >= 11 is 8.39. The molecule has 2 aliphatic heterocycles. The minimum absolute atomic E-state index is 0.0235. The lowest BCUT2D eigenvalue weighted by Crippen LogP contribution is -2.80. The van der Waals surface area contributed by atoms with Gasteiger partial charge in [-0.2, -0.15) is 4.73 Å². The van der Waals surface area contributed by atoms with Gasteiger partial charge in [-0.3, -0.25) is 19.3 Å². The van der Waals surface area contributed by atoms with Crippen LogP contribution in [0.5, 0.6) is 5.75 Å². The highest BCUT2D eigenvalue weighted by atomic mass is 32.2. The highest BCUT2D eigenvalue weighted by Gasteiger charge is 2.65. The van der Waals surface area contributed by atoms with Crippen LogP contribution < -0.4 is 21.3 Å². The van der Waals surface area contributed by atoms with Gasteiger partial charge in [0.05, 0.1) is 17.3 Å². The van der Waals surface area contributed by atoms with Crippen LogP contribution in [0.25, 0.3) is 5.57 Å². The fourth-order valence-corrected chi connectivity index (χ4v) is 7.18. The Hall–Kier alpha value is -4.40. The van der Waals surface area contributed by atoms with E-state index in [-0.39, 0.29) is 40.3 Å². The van der Waals surface area contributed by atoms with Crippen LogP contribution in [0, 0.1) is 0 Å². The van der Waals surface area contributed by atoms with Gasteiger partial charge >= 0.3 is 5.97 Å². The number of amides is 2. The van der Waals surface area contributed by atoms with Crippen LogP contribution in [-0.4, -0.2) is 87.1 Å². The molecular formula is C22H18N8O8S4. The minimum atomic E-state index is -1.76. The molecule has 218 valence electrons. The van der Waals surface area contributed by atoms with E-state index in [0.29, 0.717) is 10.5 Å². The van der Waals surface area contributed by atoms with Crippen molar-refractivity contribution in [2.75, 3.05) is 18.6 Å². The molecule has 0 saturated carbocycles. The third-order valence-corrected chi connectivity index (χ3v) is 9.22. The number of rotatable bonds is 10. The van der Waals surface area contributed by atoms with Gasteiger partial charge in [0.15, 0.2) is 28.7 Å². The molecule has 5 rings (SSSR count). The molecule has 0 aromatic carbocycles. The number of hydrogen-bond acceptors (Lipinski definition) is 16. The highest BCUT2D eigenvalue weighted by Crippen LogP contribution is 2.48. The van der Waals surface area contributed by atoms with Crippen molar-refractivity contribution in [3.63, 3.8) is 0 Å². The van der Waals surface area contributed by atoms with E-state index >= 15 is 0 Å². The fraction of sp³-hybridized carbons (Fsp3) is 0.227. The van der Waals surface area contributed by atoms with Crippen LogP contribution in [-0.2, 0) is 25.8 Å². The van der Waals surface area contributed by atoms with Gasteiger partial charge in [-0.15, -0.1) is 28.2 Å². The Kier molecular flexibility index (Phi) is 7.95. The summed E-state index contributed by atoms with van der Waals surface area (Å²) in [5, 5.41) is 31.6. The predicted molar refractivity (Wildman–Crippen MR) is 155 cm³/mol. The number of aromatic hydroxyl groups is 1. The number of carbonyl (C=O) groups is 3. The summed E-state index contributed by atoms with van der Waals surface area (Å²) in [4.78, 5) is 67.2. The van der Waals surface area contributed by atoms with Gasteiger partial charge < -0.3 is 30.9 Å². The number of nitrogen functional groups attached to an aromatic ring is 1. The molecule has 3 aromatic rings. The third kappa shape index (κ3) is 4.97. The molecular weight excluding hydrogens is 633 g/mol. The SMILES string of the molecule is COn1cc(O)c(=O)cc1CO/N=C(\C(=O)N[C@@]1(C=S)C(=O)N2C(C(=O)O)=C(c3cnns3)CS[C@@H]21)c1csc(N)n1. The van der Waals surface area contributed by atoms with E-state index in [2.05, 4.69) is 25.0 Å². The number of carboxylic acid groups (broad SMARTS) is 1. The summed E-state index contributed by atoms with van der Waals surface area (Å²) in [5.41, 5.74) is 3.22. The molecule has 42 heavy (non-hydrogen) atoms. The summed E-state index contributed by atoms with van der Waals surface area (Å²) in [7, 11) is 1.29. The number of thiocarbonyl (C=S) groups is 1. The van der Waals surface area contributed by atoms with Gasteiger partial charge in [0.1, 0.15) is 29.6 Å². The number of thiazole rings is 1. The van der Waals surface area contributed by atoms with Gasteiger partial charge in [0, 0.05) is 28.1 Å². The molecule has 5 heterocycles. The number of oxime groups is 1. The summed E-state index contributed by atoms with van der Waals surface area (Å²) < 4.78 is 4.84. The number of fused-ring (bicyclic) bond motifs is 1. The maximum Gasteiger partial charge on any atom is 0.353 e. The second kappa shape index (κ2) is 11.5. The monoisotopic (exact) mass is 650 g/mol. The van der Waals surface area contributed by atoms with Crippen LogP contribution in [0.15, 0.2) is 39.5 Å². The Balaban J connectivity index is 1.43. The van der Waals surface area contributed by atoms with Gasteiger partial charge in [-0.05, 0) is 11.5 Å². The normalized spacial score (nSPS) is 20.0. The lowest BCUT2D eigenvalue weighted by Gasteiger charge is -2.55. The standard InChI is InChI=1S/C22H18N8O8S4/c1-37-29-4-13(32)12(31)2-9(29)5-38-27-15(11-7-41-21(23)25-11)17(33)26-22(8-39)19(36)30-16(18(34)35)10(6-40-20(22)30)14-3-24-28-42-14/h2-4,7-8,20,32H,5-6H2,1H3,(H2,23,25)(H,26,33)(H,34,35)/b27-15-/t20-,22+/m1/s1. The van der Waals surface area contributed by atoms with Crippen molar-refractivity contribution in [3.8, 4) is 5.75 Å². The third-order valence-electron chi connectivity index (χ3n) is 6.09. The van der Waals surface area contributed by atoms with Gasteiger partial charge in [-0.25, -0.2) is 9.78 Å². The lowest BCUT2D eigenvalue weighted by atomic mass is 9.87. The van der Waals surface area contributed by atoms with Crippen molar-refractivity contribution in [1.82, 2.24) is 29.5 Å². The molecule has 0 bridgehead atoms. The Labute approximate surface area is 252 Å². The first-order valence-electron chi connectivity index (χ1n) is 11.5. The first kappa shape index (κ1) is 29.1. The number of aliphatic carboxylic acids is 1. The van der Waals surface area contributed by atoms with Crippen molar-refractivity contribution in [3.05, 3.63) is 56.0 Å². The van der Waals surface area contributed by atoms with E-state index in [9.17, 15) is 29.4 Å². The quantitative estimate of drug-likeness (QED) is 0.0956. The number of hydrogen-bond donors (Lipinski definition) is 4. The zero-order valence-electron chi connectivity index (χ0n) is 21.1. The average molecular weight is 651 g/mol. The lowest BCUT2D eigenvalue weighted by molar-refractivity contribution is -0.153. The zero-order chi connectivity index (χ0) is 30.2. The summed E-state index contributed by atoms with van der Waals surface area (Å²) in [6, 6.07) is 1.06. The number of aromatic nitrogens is 4. The van der Waals surface area contributed by atoms with Crippen LogP contribution in [0.1, 0.15) is 16.3 Å². The van der Waals surface area contributed by atoms with Gasteiger partial charge in [-0.1, -0.05) is 21.9 Å². The molecule has 3 aromatic heterocycles. The Morgan fingerprint density at radius 1 is 1.40 bits per heavy atom. The summed E-state index contributed by atoms with van der Waals surface area (Å²) in [6.45, 7) is -0.370. The highest BCUT2D eigenvalue weighted by molar-refractivity contribution is 8.00. The molecule has 1 fully saturated rings. The number of β-lactam (4-membered cyclic amide) rings is 1. The average Bonchev–Trinajstić information content (AvgIpc) is 3.66. The molecule has 0 radical (unpaired) electrons. The van der Waals surface area contributed by atoms with E-state index in [1.807, 2.05) is 0 Å². The molecule has 2 amide bonds. The van der Waals surface area contributed by atoms with Crippen LogP contribution >= 0.6 is 46.8 Å². The van der Waals surface area contributed by atoms with Crippen molar-refractivity contribution in [1.29, 1.82) is 0 Å². The number of anilines is 1. The van der Waals surface area contributed by atoms with E-state index in [1.165, 1.54) is 30.4 Å². The smallest absolute Gasteiger partial charge is 0.353 e. The molecule has 1 saturated heterocycles. The number of nitrogens with zero attached hydrogens (tertiary/aromatic N) is 6. The molecule has 5 N–H and O–H groups in total. The second-order valence-electron chi connectivity index (χ2n) is 8.50. The molecule has 0 spiro atoms. The second-order valence-corrected chi connectivity index (χ2v) is 11.5. The summed E-state index contributed by atoms with van der Waals surface area (Å²) in [6.07, 6.45) is 2.45. The largest absolute Gasteiger partial charge is 0.503 e. The zero-order valence-corrected chi connectivity index (χ0v) is 24.4. The van der Waals surface area contributed by atoms with Crippen LogP contribution in [0.4, 0.5) is 5.13 Å². The number of nitrogens with two attached hydrogens (primary N) is 1. The summed E-state index contributed by atoms with van der Waals surface area (Å²) in [5.74, 6) is -3.38. The number of carbonyl (C=O) groups excluding carboxylic acids is 2. The van der Waals surface area contributed by atoms with Crippen molar-refractivity contribution in [2.24, 2.45) is 5.16 Å². The van der Waals surface area contributed by atoms with Crippen molar-refractivity contribution in [2.45, 2.75) is 17.5 Å². The first-order valence-corrected chi connectivity index (χ1v) is 14.7. The number of thioether (sulfide) groups is 1. The predicted octanol–water partition coefficient (Wildman–Crippen LogP) is -0.311. The van der Waals surface area contributed by atoms with Crippen LogP contribution in [0.2, 0.25) is 0 Å². The fourth-order valence-electron chi connectivity index (χ4n) is 4.16. The molecule has 0 unspecified atom stereocenters. The van der Waals surface area contributed by atoms with E-state index in [4.69, 9.17) is 27.6 Å². The first-order chi connectivity index (χ1) is 20.1. The molecule has 20 heteroatoms. The molecule has 2 atom stereocenters. The molecule has 2 aliphatic rings. The minimum Gasteiger partial charge on any atom is -0.503 e. The molecule has 16 nitrogen and oxygen atoms in total. The Morgan fingerprint density at radius 2 is 2.19 bits per heavy atom. The van der Waals surface area contributed by atoms with Crippen LogP contribution in [0.3, 0.4) is 0 Å². The Morgan fingerprint density at radius 3 is 2.81 bits per heavy atom. The van der Waals surface area contributed by atoms with E-state index in [1.54, 1.807) is 0 Å². The number of nitrogens with one attached hydrogen (secondary N) is 1. The van der Waals surface area contributed by atoms with E-state index in [0.717, 1.165) is 50.1 Å². The maximum absolute atomic E-state index is 13.6. The number of pyridine rings is 1. The Bertz CT molecular complexity index is 1720. The maximum atomic E-state index is 13.6. The van der Waals surface area contributed by atoms with Gasteiger partial charge in [0.2, 0.25) is 5.43 Å². The van der Waals surface area contributed by atoms with Crippen molar-refractivity contribution >= 4 is 86.4 Å². The topological polar surface area (TPSA) is 224 Å². The molecule has 0 aliphatic carbocycles. The van der Waals surface area contributed by atoms with Crippen molar-refractivity contribution < 1.29 is 34.3 Å². The van der Waals surface area contributed by atoms with Gasteiger partial charge in [0.25, 0.3) is 11.8 Å². The van der Waals surface area contributed by atoms with E-state index < -0.39 is 39.9 Å². The number of carboxylic acids is 1.